The molecule has 0 unspecified atom stereocenters. The smallest absolute Gasteiger partial charge is 0.395 e. The summed E-state index contributed by atoms with van der Waals surface area (Å²) in [6, 6.07) is 23.0. The second kappa shape index (κ2) is 8.68. The first-order valence-electron chi connectivity index (χ1n) is 9.60. The van der Waals surface area contributed by atoms with E-state index in [0.29, 0.717) is 16.5 Å². The predicted octanol–water partition coefficient (Wildman–Crippen LogP) is 5.54. The minimum Gasteiger partial charge on any atom is -0.395 e. The molecule has 3 aromatic carbocycles. The van der Waals surface area contributed by atoms with Gasteiger partial charge < -0.3 is 14.4 Å². The molecule has 1 heterocycles. The largest absolute Gasteiger partial charge is 0.519 e. The molecule has 0 aromatic heterocycles. The van der Waals surface area contributed by atoms with Gasteiger partial charge in [0.15, 0.2) is 5.75 Å². The predicted molar refractivity (Wildman–Crippen MR) is 114 cm³/mol. The molecule has 0 amide bonds. The molecule has 3 aromatic rings. The van der Waals surface area contributed by atoms with Crippen LogP contribution in [0.4, 0.5) is 4.79 Å². The van der Waals surface area contributed by atoms with Crippen LogP contribution in [-0.4, -0.2) is 31.2 Å². The zero-order valence-corrected chi connectivity index (χ0v) is 16.9. The van der Waals surface area contributed by atoms with E-state index in [1.807, 2.05) is 36.4 Å². The minimum atomic E-state index is -0.806. The van der Waals surface area contributed by atoms with Crippen LogP contribution in [-0.2, 0) is 6.42 Å². The molecule has 0 N–H and O–H groups in total. The van der Waals surface area contributed by atoms with Crippen LogP contribution < -0.4 is 9.47 Å². The van der Waals surface area contributed by atoms with Crippen molar-refractivity contribution in [1.82, 2.24) is 4.90 Å². The Balaban J connectivity index is 1.64. The van der Waals surface area contributed by atoms with Crippen molar-refractivity contribution in [2.45, 2.75) is 12.3 Å². The maximum atomic E-state index is 12.3. The van der Waals surface area contributed by atoms with Crippen molar-refractivity contribution in [3.05, 3.63) is 94.5 Å². The summed E-state index contributed by atoms with van der Waals surface area (Å²) in [5, 5.41) is 0.408. The third-order valence-corrected chi connectivity index (χ3v) is 5.46. The van der Waals surface area contributed by atoms with E-state index in [1.54, 1.807) is 24.3 Å². The van der Waals surface area contributed by atoms with E-state index in [9.17, 15) is 4.79 Å². The van der Waals surface area contributed by atoms with Crippen LogP contribution in [0.3, 0.4) is 0 Å². The molecule has 0 bridgehead atoms. The molecule has 0 saturated heterocycles. The summed E-state index contributed by atoms with van der Waals surface area (Å²) >= 11 is 6.45. The van der Waals surface area contributed by atoms with Crippen molar-refractivity contribution >= 4 is 17.8 Å². The summed E-state index contributed by atoms with van der Waals surface area (Å²) in [7, 11) is 2.12. The normalized spacial score (nSPS) is 16.6. The standard InChI is InChI=1S/C24H22ClNO3/c1-26-13-12-18-14-22(25)23(29-24(27)28-19-10-6-3-7-11-19)15-20(18)21(16-26)17-8-4-2-5-9-17/h2-11,14-15,21H,12-13,16H2,1H3/t21-/m0/s1. The average molecular weight is 408 g/mol. The lowest BCUT2D eigenvalue weighted by molar-refractivity contribution is 0.152. The summed E-state index contributed by atoms with van der Waals surface area (Å²) in [4.78, 5) is 14.6. The molecule has 148 valence electrons. The molecule has 0 spiro atoms. The maximum absolute atomic E-state index is 12.3. The number of halogens is 1. The average Bonchev–Trinajstić information content (AvgIpc) is 2.88. The van der Waals surface area contributed by atoms with Gasteiger partial charge in [0.2, 0.25) is 0 Å². The number of carbonyl (C=O) groups is 1. The van der Waals surface area contributed by atoms with Gasteiger partial charge in [0.05, 0.1) is 5.02 Å². The van der Waals surface area contributed by atoms with Crippen LogP contribution in [0.25, 0.3) is 0 Å². The van der Waals surface area contributed by atoms with Crippen LogP contribution in [0.2, 0.25) is 5.02 Å². The van der Waals surface area contributed by atoms with Gasteiger partial charge in [0, 0.05) is 19.0 Å². The first-order chi connectivity index (χ1) is 14.1. The summed E-state index contributed by atoms with van der Waals surface area (Å²) < 4.78 is 10.7. The van der Waals surface area contributed by atoms with Gasteiger partial charge in [-0.3, -0.25) is 0 Å². The van der Waals surface area contributed by atoms with Crippen LogP contribution in [0.5, 0.6) is 11.5 Å². The molecule has 0 radical (unpaired) electrons. The molecule has 1 aliphatic rings. The van der Waals surface area contributed by atoms with E-state index in [0.717, 1.165) is 25.1 Å². The van der Waals surface area contributed by atoms with Gasteiger partial charge in [-0.1, -0.05) is 60.1 Å². The zero-order chi connectivity index (χ0) is 20.2. The van der Waals surface area contributed by atoms with Gasteiger partial charge >= 0.3 is 6.16 Å². The summed E-state index contributed by atoms with van der Waals surface area (Å²) in [6.45, 7) is 1.83. The highest BCUT2D eigenvalue weighted by Crippen LogP contribution is 2.37. The van der Waals surface area contributed by atoms with Gasteiger partial charge in [0.25, 0.3) is 0 Å². The first kappa shape index (κ1) is 19.5. The number of benzene rings is 3. The molecule has 0 fully saturated rings. The zero-order valence-electron chi connectivity index (χ0n) is 16.2. The fourth-order valence-corrected chi connectivity index (χ4v) is 3.93. The van der Waals surface area contributed by atoms with Crippen molar-refractivity contribution in [3.8, 4) is 11.5 Å². The molecule has 5 heteroatoms. The van der Waals surface area contributed by atoms with E-state index in [2.05, 4.69) is 24.1 Å². The topological polar surface area (TPSA) is 38.8 Å². The SMILES string of the molecule is CN1CCc2cc(Cl)c(OC(=O)Oc3ccccc3)cc2[C@H](c2ccccc2)C1. The Morgan fingerprint density at radius 2 is 1.69 bits per heavy atom. The number of rotatable bonds is 3. The Bertz CT molecular complexity index is 992. The van der Waals surface area contributed by atoms with Gasteiger partial charge in [0.1, 0.15) is 5.75 Å². The van der Waals surface area contributed by atoms with Gasteiger partial charge in [-0.2, -0.15) is 0 Å². The molecule has 0 aliphatic carbocycles. The molecule has 4 nitrogen and oxygen atoms in total. The second-order valence-corrected chi connectivity index (χ2v) is 7.63. The monoisotopic (exact) mass is 407 g/mol. The van der Waals surface area contributed by atoms with E-state index in [1.165, 1.54) is 11.1 Å². The van der Waals surface area contributed by atoms with Crippen molar-refractivity contribution < 1.29 is 14.3 Å². The molecule has 1 aliphatic heterocycles. The molecule has 1 atom stereocenters. The Morgan fingerprint density at radius 3 is 2.41 bits per heavy atom. The Kier molecular flexibility index (Phi) is 5.84. The summed E-state index contributed by atoms with van der Waals surface area (Å²) in [6.07, 6.45) is 0.0870. The lowest BCUT2D eigenvalue weighted by atomic mass is 9.88. The molecule has 0 saturated carbocycles. The highest BCUT2D eigenvalue weighted by Gasteiger charge is 2.25. The number of para-hydroxylation sites is 1. The number of fused-ring (bicyclic) bond motifs is 1. The molecular weight excluding hydrogens is 386 g/mol. The Morgan fingerprint density at radius 1 is 1.00 bits per heavy atom. The van der Waals surface area contributed by atoms with Gasteiger partial charge in [-0.05, 0) is 54.4 Å². The van der Waals surface area contributed by atoms with Crippen molar-refractivity contribution in [3.63, 3.8) is 0 Å². The number of nitrogens with zero attached hydrogens (tertiary/aromatic N) is 1. The first-order valence-corrected chi connectivity index (χ1v) is 9.98. The van der Waals surface area contributed by atoms with Crippen LogP contribution in [0.15, 0.2) is 72.8 Å². The fourth-order valence-electron chi connectivity index (χ4n) is 3.71. The van der Waals surface area contributed by atoms with Crippen molar-refractivity contribution in [1.29, 1.82) is 0 Å². The highest BCUT2D eigenvalue weighted by atomic mass is 35.5. The number of hydrogen-bond acceptors (Lipinski definition) is 4. The highest BCUT2D eigenvalue weighted by molar-refractivity contribution is 6.32. The van der Waals surface area contributed by atoms with Gasteiger partial charge in [-0.25, -0.2) is 4.79 Å². The van der Waals surface area contributed by atoms with Gasteiger partial charge in [-0.15, -0.1) is 0 Å². The molecule has 29 heavy (non-hydrogen) atoms. The van der Waals surface area contributed by atoms with E-state index < -0.39 is 6.16 Å². The van der Waals surface area contributed by atoms with E-state index >= 15 is 0 Å². The van der Waals surface area contributed by atoms with Crippen molar-refractivity contribution in [2.24, 2.45) is 0 Å². The van der Waals surface area contributed by atoms with E-state index in [-0.39, 0.29) is 5.92 Å². The number of carbonyl (C=O) groups excluding carboxylic acids is 1. The third kappa shape index (κ3) is 4.61. The number of likely N-dealkylation sites (N-methyl/N-ethyl adjacent to an activating group) is 1. The lowest BCUT2D eigenvalue weighted by Crippen LogP contribution is -2.24. The van der Waals surface area contributed by atoms with E-state index in [4.69, 9.17) is 21.1 Å². The third-order valence-electron chi connectivity index (χ3n) is 5.17. The number of hydrogen-bond donors (Lipinski definition) is 0. The molecule has 4 rings (SSSR count). The Labute approximate surface area is 175 Å². The minimum absolute atomic E-state index is 0.170. The second-order valence-electron chi connectivity index (χ2n) is 7.22. The lowest BCUT2D eigenvalue weighted by Gasteiger charge is -2.22. The molecular formula is C24H22ClNO3. The fraction of sp³-hybridized carbons (Fsp3) is 0.208. The quantitative estimate of drug-likeness (QED) is 0.422. The van der Waals surface area contributed by atoms with Crippen LogP contribution in [0.1, 0.15) is 22.6 Å². The summed E-state index contributed by atoms with van der Waals surface area (Å²) in [5.74, 6) is 0.910. The summed E-state index contributed by atoms with van der Waals surface area (Å²) in [5.41, 5.74) is 3.53. The Hall–Kier alpha value is -2.82. The van der Waals surface area contributed by atoms with Crippen LogP contribution >= 0.6 is 11.6 Å². The maximum Gasteiger partial charge on any atom is 0.519 e. The van der Waals surface area contributed by atoms with Crippen LogP contribution in [0, 0.1) is 0 Å². The number of ether oxygens (including phenoxy) is 2. The van der Waals surface area contributed by atoms with Crippen molar-refractivity contribution in [2.75, 3.05) is 20.1 Å².